The lowest BCUT2D eigenvalue weighted by atomic mass is 9.92. The van der Waals surface area contributed by atoms with E-state index in [1.54, 1.807) is 25.1 Å². The van der Waals surface area contributed by atoms with Gasteiger partial charge in [0.05, 0.1) is 0 Å². The zero-order valence-corrected chi connectivity index (χ0v) is 18.4. The summed E-state index contributed by atoms with van der Waals surface area (Å²) in [5.41, 5.74) is 8.64. The lowest BCUT2D eigenvalue weighted by Gasteiger charge is -2.33. The number of nitrogens with two attached hydrogens (primary N) is 1. The highest BCUT2D eigenvalue weighted by Crippen LogP contribution is 2.29. The number of ether oxygens (including phenoxy) is 1. The molecule has 0 bridgehead atoms. The summed E-state index contributed by atoms with van der Waals surface area (Å²) >= 11 is 0. The molecule has 1 unspecified atom stereocenters. The van der Waals surface area contributed by atoms with Crippen LogP contribution in [0.3, 0.4) is 0 Å². The number of hydrogen-bond acceptors (Lipinski definition) is 4. The predicted molar refractivity (Wildman–Crippen MR) is 123 cm³/mol. The zero-order chi connectivity index (χ0) is 23.4. The molecule has 2 amide bonds. The van der Waals surface area contributed by atoms with Gasteiger partial charge in [0.25, 0.3) is 5.91 Å². The van der Waals surface area contributed by atoms with E-state index in [2.05, 4.69) is 4.98 Å². The Balaban J connectivity index is 1.33. The molecule has 1 aliphatic heterocycles. The molecule has 0 spiro atoms. The van der Waals surface area contributed by atoms with Crippen LogP contribution in [0.15, 0.2) is 66.9 Å². The summed E-state index contributed by atoms with van der Waals surface area (Å²) in [5, 5.41) is 0. The molecule has 2 N–H and O–H groups in total. The Kier molecular flexibility index (Phi) is 6.68. The van der Waals surface area contributed by atoms with Crippen molar-refractivity contribution in [3.05, 3.63) is 83.9 Å². The van der Waals surface area contributed by atoms with E-state index in [1.807, 2.05) is 29.3 Å². The van der Waals surface area contributed by atoms with Crippen molar-refractivity contribution < 1.29 is 18.7 Å². The van der Waals surface area contributed by atoms with Crippen LogP contribution in [0.4, 0.5) is 4.39 Å². The van der Waals surface area contributed by atoms with E-state index in [-0.39, 0.29) is 17.6 Å². The molecule has 0 aliphatic carbocycles. The van der Waals surface area contributed by atoms with Crippen molar-refractivity contribution in [2.45, 2.75) is 31.8 Å². The largest absolute Gasteiger partial charge is 0.481 e. The number of carbonyl (C=O) groups is 2. The van der Waals surface area contributed by atoms with Crippen molar-refractivity contribution in [2.24, 2.45) is 5.73 Å². The molecule has 2 heterocycles. The maximum absolute atomic E-state index is 13.1. The van der Waals surface area contributed by atoms with Crippen LogP contribution in [-0.4, -0.2) is 40.9 Å². The van der Waals surface area contributed by atoms with Gasteiger partial charge in [-0.3, -0.25) is 14.6 Å². The van der Waals surface area contributed by atoms with E-state index in [0.717, 1.165) is 29.7 Å². The number of carbonyl (C=O) groups excluding carboxylic acids is 2. The average molecular weight is 448 g/mol. The Hall–Kier alpha value is -3.74. The van der Waals surface area contributed by atoms with Gasteiger partial charge < -0.3 is 15.4 Å². The highest BCUT2D eigenvalue weighted by Gasteiger charge is 2.28. The predicted octanol–water partition coefficient (Wildman–Crippen LogP) is 4.16. The second kappa shape index (κ2) is 9.81. The van der Waals surface area contributed by atoms with Gasteiger partial charge in [-0.2, -0.15) is 0 Å². The Morgan fingerprint density at radius 1 is 1.06 bits per heavy atom. The van der Waals surface area contributed by atoms with Gasteiger partial charge in [0.15, 0.2) is 6.10 Å². The number of piperidine rings is 1. The molecule has 4 rings (SSSR count). The lowest BCUT2D eigenvalue weighted by Crippen LogP contribution is -2.44. The van der Waals surface area contributed by atoms with E-state index >= 15 is 0 Å². The molecule has 3 aromatic rings. The number of aromatic nitrogens is 1. The maximum atomic E-state index is 13.1. The van der Waals surface area contributed by atoms with Gasteiger partial charge in [-0.1, -0.05) is 18.2 Å². The Morgan fingerprint density at radius 3 is 2.42 bits per heavy atom. The molecule has 1 aliphatic rings. The molecule has 170 valence electrons. The summed E-state index contributed by atoms with van der Waals surface area (Å²) in [4.78, 5) is 30.7. The van der Waals surface area contributed by atoms with Gasteiger partial charge in [-0.05, 0) is 67.8 Å². The van der Waals surface area contributed by atoms with Crippen molar-refractivity contribution in [3.63, 3.8) is 0 Å². The van der Waals surface area contributed by atoms with Gasteiger partial charge in [0, 0.05) is 42.0 Å². The Bertz CT molecular complexity index is 1120. The van der Waals surface area contributed by atoms with Gasteiger partial charge in [-0.15, -0.1) is 0 Å². The highest BCUT2D eigenvalue weighted by atomic mass is 19.1. The number of benzene rings is 2. The van der Waals surface area contributed by atoms with Gasteiger partial charge in [-0.25, -0.2) is 4.39 Å². The number of amides is 2. The third-order valence-electron chi connectivity index (χ3n) is 5.97. The van der Waals surface area contributed by atoms with Crippen molar-refractivity contribution >= 4 is 11.8 Å². The normalized spacial score (nSPS) is 15.2. The quantitative estimate of drug-likeness (QED) is 0.615. The van der Waals surface area contributed by atoms with E-state index in [9.17, 15) is 14.0 Å². The van der Waals surface area contributed by atoms with Crippen LogP contribution in [0.5, 0.6) is 5.75 Å². The first-order valence-electron chi connectivity index (χ1n) is 11.0. The van der Waals surface area contributed by atoms with Crippen LogP contribution in [0.1, 0.15) is 41.7 Å². The fourth-order valence-electron chi connectivity index (χ4n) is 4.09. The molecular formula is C26H26FN3O3. The van der Waals surface area contributed by atoms with Crippen LogP contribution < -0.4 is 10.5 Å². The first-order valence-corrected chi connectivity index (χ1v) is 11.0. The summed E-state index contributed by atoms with van der Waals surface area (Å²) in [6, 6.07) is 16.8. The second-order valence-corrected chi connectivity index (χ2v) is 8.23. The molecule has 0 saturated carbocycles. The molecule has 1 atom stereocenters. The van der Waals surface area contributed by atoms with Crippen LogP contribution in [0.25, 0.3) is 11.1 Å². The Morgan fingerprint density at radius 2 is 1.79 bits per heavy atom. The summed E-state index contributed by atoms with van der Waals surface area (Å²) < 4.78 is 18.7. The van der Waals surface area contributed by atoms with Crippen molar-refractivity contribution in [3.8, 4) is 16.9 Å². The van der Waals surface area contributed by atoms with Gasteiger partial charge in [0.1, 0.15) is 11.6 Å². The summed E-state index contributed by atoms with van der Waals surface area (Å²) in [6.07, 6.45) is 2.81. The first kappa shape index (κ1) is 22.5. The fraction of sp³-hybridized carbons (Fsp3) is 0.269. The van der Waals surface area contributed by atoms with Crippen molar-refractivity contribution in [1.29, 1.82) is 0 Å². The molecule has 1 fully saturated rings. The van der Waals surface area contributed by atoms with E-state index < -0.39 is 12.0 Å². The third-order valence-corrected chi connectivity index (χ3v) is 5.97. The van der Waals surface area contributed by atoms with E-state index in [1.165, 1.54) is 24.3 Å². The maximum Gasteiger partial charge on any atom is 0.263 e. The summed E-state index contributed by atoms with van der Waals surface area (Å²) in [7, 11) is 0. The van der Waals surface area contributed by atoms with Crippen LogP contribution >= 0.6 is 0 Å². The number of hydrogen-bond donors (Lipinski definition) is 1. The number of halogens is 1. The standard InChI is InChI=1S/C26H26FN3O3/c1-17(33-23-8-6-22(27)7-9-23)26(32)30-13-11-18(12-14-30)24-10-5-21(16-29-24)19-3-2-4-20(15-19)25(28)31/h2-10,15-18H,11-14H2,1H3,(H2,28,31). The third kappa shape index (κ3) is 5.37. The molecule has 6 nitrogen and oxygen atoms in total. The molecule has 2 aromatic carbocycles. The van der Waals surface area contributed by atoms with E-state index in [4.69, 9.17) is 10.5 Å². The van der Waals surface area contributed by atoms with Crippen molar-refractivity contribution in [1.82, 2.24) is 9.88 Å². The van der Waals surface area contributed by atoms with Crippen LogP contribution in [0, 0.1) is 5.82 Å². The topological polar surface area (TPSA) is 85.5 Å². The minimum Gasteiger partial charge on any atom is -0.481 e. The average Bonchev–Trinajstić information content (AvgIpc) is 2.85. The number of primary amides is 1. The number of nitrogens with zero attached hydrogens (tertiary/aromatic N) is 2. The first-order chi connectivity index (χ1) is 15.9. The van der Waals surface area contributed by atoms with Crippen LogP contribution in [-0.2, 0) is 4.79 Å². The molecular weight excluding hydrogens is 421 g/mol. The molecule has 1 saturated heterocycles. The molecule has 0 radical (unpaired) electrons. The zero-order valence-electron chi connectivity index (χ0n) is 18.4. The van der Waals surface area contributed by atoms with Crippen molar-refractivity contribution in [2.75, 3.05) is 13.1 Å². The number of likely N-dealkylation sites (tertiary alicyclic amines) is 1. The monoisotopic (exact) mass is 447 g/mol. The number of pyridine rings is 1. The summed E-state index contributed by atoms with van der Waals surface area (Å²) in [6.45, 7) is 2.97. The van der Waals surface area contributed by atoms with E-state index in [0.29, 0.717) is 24.4 Å². The van der Waals surface area contributed by atoms with Gasteiger partial charge in [0.2, 0.25) is 5.91 Å². The summed E-state index contributed by atoms with van der Waals surface area (Å²) in [5.74, 6) is -0.133. The second-order valence-electron chi connectivity index (χ2n) is 8.23. The lowest BCUT2D eigenvalue weighted by molar-refractivity contribution is -0.139. The van der Waals surface area contributed by atoms with Crippen LogP contribution in [0.2, 0.25) is 0 Å². The Labute approximate surface area is 192 Å². The molecule has 7 heteroatoms. The van der Waals surface area contributed by atoms with Gasteiger partial charge >= 0.3 is 0 Å². The fourth-order valence-corrected chi connectivity index (χ4v) is 4.09. The molecule has 33 heavy (non-hydrogen) atoms. The SMILES string of the molecule is CC(Oc1ccc(F)cc1)C(=O)N1CCC(c2ccc(-c3cccc(C(N)=O)c3)cn2)CC1. The highest BCUT2D eigenvalue weighted by molar-refractivity contribution is 5.94. The minimum atomic E-state index is -0.638. The smallest absolute Gasteiger partial charge is 0.263 e. The minimum absolute atomic E-state index is 0.0737. The molecule has 1 aromatic heterocycles. The number of rotatable bonds is 6.